The third kappa shape index (κ3) is 2.27. The molecule has 0 saturated heterocycles. The van der Waals surface area contributed by atoms with E-state index in [1.54, 1.807) is 0 Å². The van der Waals surface area contributed by atoms with Crippen LogP contribution in [0.5, 0.6) is 0 Å². The van der Waals surface area contributed by atoms with E-state index in [1.165, 1.54) is 6.33 Å². The maximum absolute atomic E-state index is 10.8. The van der Waals surface area contributed by atoms with Gasteiger partial charge in [-0.15, -0.1) is 0 Å². The van der Waals surface area contributed by atoms with E-state index in [9.17, 15) is 10.1 Å². The predicted molar refractivity (Wildman–Crippen MR) is 63.5 cm³/mol. The average Bonchev–Trinajstić information content (AvgIpc) is 2.83. The van der Waals surface area contributed by atoms with Crippen molar-refractivity contribution in [2.45, 2.75) is 20.3 Å². The standard InChI is InChI=1S/C10H15N5O2/c1-10(2)3-6(10)4-12-9-7(15(16)17)8(11)13-5-14-9/h5-6H,3-4H2,1-2H3,(H3,11,12,13,14). The molecule has 17 heavy (non-hydrogen) atoms. The van der Waals surface area contributed by atoms with Gasteiger partial charge in [0.1, 0.15) is 6.33 Å². The fourth-order valence-corrected chi connectivity index (χ4v) is 1.85. The second-order valence-electron chi connectivity index (χ2n) is 4.98. The van der Waals surface area contributed by atoms with E-state index in [0.29, 0.717) is 17.9 Å². The molecule has 0 aliphatic heterocycles. The normalized spacial score (nSPS) is 20.9. The molecule has 1 aliphatic carbocycles. The van der Waals surface area contributed by atoms with E-state index in [1.807, 2.05) is 0 Å². The number of hydrogen-bond donors (Lipinski definition) is 2. The molecular formula is C10H15N5O2. The molecule has 1 unspecified atom stereocenters. The summed E-state index contributed by atoms with van der Waals surface area (Å²) in [6, 6.07) is 0. The lowest BCUT2D eigenvalue weighted by atomic mass is 10.1. The Labute approximate surface area is 98.6 Å². The minimum Gasteiger partial charge on any atom is -0.378 e. The van der Waals surface area contributed by atoms with Gasteiger partial charge in [0.05, 0.1) is 4.92 Å². The summed E-state index contributed by atoms with van der Waals surface area (Å²) in [7, 11) is 0. The fraction of sp³-hybridized carbons (Fsp3) is 0.600. The van der Waals surface area contributed by atoms with Crippen LogP contribution in [-0.2, 0) is 0 Å². The molecule has 1 fully saturated rings. The second kappa shape index (κ2) is 3.83. The van der Waals surface area contributed by atoms with E-state index < -0.39 is 4.92 Å². The quantitative estimate of drug-likeness (QED) is 0.605. The van der Waals surface area contributed by atoms with Gasteiger partial charge in [-0.25, -0.2) is 9.97 Å². The Morgan fingerprint density at radius 1 is 1.65 bits per heavy atom. The van der Waals surface area contributed by atoms with Crippen LogP contribution in [0.1, 0.15) is 20.3 Å². The molecule has 0 radical (unpaired) electrons. The first kappa shape index (κ1) is 11.6. The zero-order chi connectivity index (χ0) is 12.6. The molecule has 1 aromatic rings. The van der Waals surface area contributed by atoms with Gasteiger partial charge in [-0.2, -0.15) is 0 Å². The smallest absolute Gasteiger partial charge is 0.352 e. The molecule has 0 bridgehead atoms. The van der Waals surface area contributed by atoms with Crippen molar-refractivity contribution in [2.24, 2.45) is 11.3 Å². The van der Waals surface area contributed by atoms with Gasteiger partial charge in [0, 0.05) is 6.54 Å². The first-order chi connectivity index (χ1) is 7.92. The van der Waals surface area contributed by atoms with Crippen LogP contribution < -0.4 is 11.1 Å². The number of anilines is 2. The lowest BCUT2D eigenvalue weighted by Gasteiger charge is -2.07. The summed E-state index contributed by atoms with van der Waals surface area (Å²) in [6.07, 6.45) is 2.34. The highest BCUT2D eigenvalue weighted by atomic mass is 16.6. The van der Waals surface area contributed by atoms with Crippen molar-refractivity contribution in [1.82, 2.24) is 9.97 Å². The molecule has 1 atom stereocenters. The first-order valence-electron chi connectivity index (χ1n) is 5.40. The van der Waals surface area contributed by atoms with Gasteiger partial charge in [-0.1, -0.05) is 13.8 Å². The average molecular weight is 237 g/mol. The minimum atomic E-state index is -0.560. The molecule has 7 nitrogen and oxygen atoms in total. The molecule has 92 valence electrons. The lowest BCUT2D eigenvalue weighted by molar-refractivity contribution is -0.383. The number of nitrogens with zero attached hydrogens (tertiary/aromatic N) is 3. The summed E-state index contributed by atoms with van der Waals surface area (Å²) >= 11 is 0. The Morgan fingerprint density at radius 2 is 2.29 bits per heavy atom. The maximum atomic E-state index is 10.8. The number of aromatic nitrogens is 2. The van der Waals surface area contributed by atoms with Crippen LogP contribution in [0.25, 0.3) is 0 Å². The van der Waals surface area contributed by atoms with Crippen LogP contribution in [-0.4, -0.2) is 21.4 Å². The Balaban J connectivity index is 2.10. The molecule has 7 heteroatoms. The number of hydrogen-bond acceptors (Lipinski definition) is 6. The van der Waals surface area contributed by atoms with Crippen molar-refractivity contribution in [3.63, 3.8) is 0 Å². The van der Waals surface area contributed by atoms with Gasteiger partial charge in [-0.3, -0.25) is 10.1 Å². The molecule has 1 heterocycles. The third-order valence-electron chi connectivity index (χ3n) is 3.27. The molecule has 0 aromatic carbocycles. The monoisotopic (exact) mass is 237 g/mol. The van der Waals surface area contributed by atoms with Crippen molar-refractivity contribution in [3.05, 3.63) is 16.4 Å². The highest BCUT2D eigenvalue weighted by molar-refractivity contribution is 5.67. The van der Waals surface area contributed by atoms with E-state index in [2.05, 4.69) is 29.1 Å². The molecule has 1 saturated carbocycles. The number of nitrogens with two attached hydrogens (primary N) is 1. The van der Waals surface area contributed by atoms with E-state index in [4.69, 9.17) is 5.73 Å². The molecule has 1 aliphatic rings. The highest BCUT2D eigenvalue weighted by Crippen LogP contribution is 2.51. The van der Waals surface area contributed by atoms with Gasteiger partial charge >= 0.3 is 5.69 Å². The van der Waals surface area contributed by atoms with Crippen LogP contribution in [0.3, 0.4) is 0 Å². The largest absolute Gasteiger partial charge is 0.378 e. The summed E-state index contributed by atoms with van der Waals surface area (Å²) in [4.78, 5) is 17.8. The predicted octanol–water partition coefficient (Wildman–Crippen LogP) is 1.42. The van der Waals surface area contributed by atoms with Crippen LogP contribution in [0.2, 0.25) is 0 Å². The Bertz CT molecular complexity index is 460. The zero-order valence-electron chi connectivity index (χ0n) is 9.80. The Kier molecular flexibility index (Phi) is 2.60. The molecule has 0 spiro atoms. The van der Waals surface area contributed by atoms with E-state index >= 15 is 0 Å². The Morgan fingerprint density at radius 3 is 2.82 bits per heavy atom. The summed E-state index contributed by atoms with van der Waals surface area (Å²) in [5.41, 5.74) is 5.54. The van der Waals surface area contributed by atoms with Crippen molar-refractivity contribution < 1.29 is 4.92 Å². The van der Waals surface area contributed by atoms with Crippen LogP contribution in [0.4, 0.5) is 17.3 Å². The van der Waals surface area contributed by atoms with Crippen molar-refractivity contribution in [3.8, 4) is 0 Å². The zero-order valence-corrected chi connectivity index (χ0v) is 9.80. The molecule has 3 N–H and O–H groups in total. The van der Waals surface area contributed by atoms with Crippen molar-refractivity contribution in [2.75, 3.05) is 17.6 Å². The van der Waals surface area contributed by atoms with E-state index in [-0.39, 0.29) is 17.3 Å². The number of rotatable bonds is 4. The topological polar surface area (TPSA) is 107 Å². The SMILES string of the molecule is CC1(C)CC1CNc1ncnc(N)c1[N+](=O)[O-]. The number of nitro groups is 1. The maximum Gasteiger partial charge on any atom is 0.352 e. The van der Waals surface area contributed by atoms with Crippen LogP contribution in [0, 0.1) is 21.4 Å². The molecule has 2 rings (SSSR count). The number of nitrogens with one attached hydrogen (secondary N) is 1. The van der Waals surface area contributed by atoms with Gasteiger partial charge in [-0.05, 0) is 17.8 Å². The highest BCUT2D eigenvalue weighted by Gasteiger charge is 2.45. The lowest BCUT2D eigenvalue weighted by Crippen LogP contribution is -2.11. The van der Waals surface area contributed by atoms with Crippen LogP contribution >= 0.6 is 0 Å². The Hall–Kier alpha value is -1.92. The van der Waals surface area contributed by atoms with Gasteiger partial charge in [0.2, 0.25) is 11.6 Å². The summed E-state index contributed by atoms with van der Waals surface area (Å²) < 4.78 is 0. The minimum absolute atomic E-state index is 0.109. The van der Waals surface area contributed by atoms with E-state index in [0.717, 1.165) is 6.42 Å². The first-order valence-corrected chi connectivity index (χ1v) is 5.40. The molecule has 0 amide bonds. The summed E-state index contributed by atoms with van der Waals surface area (Å²) in [5, 5.41) is 13.8. The molecular weight excluding hydrogens is 222 g/mol. The number of nitrogen functional groups attached to an aromatic ring is 1. The second-order valence-corrected chi connectivity index (χ2v) is 4.98. The molecule has 1 aromatic heterocycles. The summed E-state index contributed by atoms with van der Waals surface area (Å²) in [5.74, 6) is 0.617. The fourth-order valence-electron chi connectivity index (χ4n) is 1.85. The summed E-state index contributed by atoms with van der Waals surface area (Å²) in [6.45, 7) is 5.01. The van der Waals surface area contributed by atoms with Gasteiger partial charge in [0.15, 0.2) is 0 Å². The van der Waals surface area contributed by atoms with Crippen molar-refractivity contribution in [1.29, 1.82) is 0 Å². The van der Waals surface area contributed by atoms with Crippen molar-refractivity contribution >= 4 is 17.3 Å². The van der Waals surface area contributed by atoms with Gasteiger partial charge < -0.3 is 11.1 Å². The van der Waals surface area contributed by atoms with Crippen LogP contribution in [0.15, 0.2) is 6.33 Å². The van der Waals surface area contributed by atoms with Gasteiger partial charge in [0.25, 0.3) is 0 Å². The third-order valence-corrected chi connectivity index (χ3v) is 3.27.